The van der Waals surface area contributed by atoms with E-state index in [9.17, 15) is 8.78 Å². The molecule has 0 saturated heterocycles. The number of benzene rings is 1. The molecule has 2 unspecified atom stereocenters. The fourth-order valence-electron chi connectivity index (χ4n) is 2.36. The smallest absolute Gasteiger partial charge is 0.133 e. The lowest BCUT2D eigenvalue weighted by Crippen LogP contribution is -2.38. The minimum absolute atomic E-state index is 0.0717. The molecule has 0 fully saturated rings. The van der Waals surface area contributed by atoms with Crippen LogP contribution in [0.15, 0.2) is 12.1 Å². The van der Waals surface area contributed by atoms with E-state index in [1.54, 1.807) is 14.0 Å². The van der Waals surface area contributed by atoms with Gasteiger partial charge in [-0.2, -0.15) is 0 Å². The molecule has 0 heterocycles. The third-order valence-electron chi connectivity index (χ3n) is 3.31. The summed E-state index contributed by atoms with van der Waals surface area (Å²) in [4.78, 5) is 0. The van der Waals surface area contributed by atoms with Crippen LogP contribution >= 0.6 is 0 Å². The molecule has 0 saturated carbocycles. The van der Waals surface area contributed by atoms with Crippen LogP contribution in [0.4, 0.5) is 8.78 Å². The Morgan fingerprint density at radius 2 is 1.89 bits per heavy atom. The van der Waals surface area contributed by atoms with Gasteiger partial charge in [0.1, 0.15) is 11.6 Å². The number of methoxy groups -OCH3 is 1. The monoisotopic (exact) mass is 271 g/mol. The molecular weight excluding hydrogens is 248 g/mol. The summed E-state index contributed by atoms with van der Waals surface area (Å²) in [6.07, 6.45) is -0.286. The summed E-state index contributed by atoms with van der Waals surface area (Å²) in [7, 11) is 1.57. The molecule has 0 aliphatic heterocycles. The van der Waals surface area contributed by atoms with Gasteiger partial charge in [0.2, 0.25) is 0 Å². The number of rotatable bonds is 6. The molecule has 4 heteroatoms. The first-order chi connectivity index (χ1) is 8.93. The topological polar surface area (TPSA) is 21.3 Å². The van der Waals surface area contributed by atoms with E-state index in [2.05, 4.69) is 5.32 Å². The van der Waals surface area contributed by atoms with Gasteiger partial charge in [-0.1, -0.05) is 26.8 Å². The lowest BCUT2D eigenvalue weighted by atomic mass is 9.91. The second-order valence-corrected chi connectivity index (χ2v) is 5.07. The zero-order valence-electron chi connectivity index (χ0n) is 12.3. The summed E-state index contributed by atoms with van der Waals surface area (Å²) in [5.41, 5.74) is 0.514. The minimum Gasteiger partial charge on any atom is -0.379 e. The molecule has 0 aliphatic carbocycles. The first kappa shape index (κ1) is 16.1. The van der Waals surface area contributed by atoms with Crippen LogP contribution in [0.25, 0.3) is 0 Å². The predicted octanol–water partition coefficient (Wildman–Crippen LogP) is 3.59. The van der Waals surface area contributed by atoms with E-state index in [1.807, 2.05) is 20.8 Å². The maximum absolute atomic E-state index is 14.3. The van der Waals surface area contributed by atoms with Crippen LogP contribution in [-0.2, 0) is 4.74 Å². The predicted molar refractivity (Wildman–Crippen MR) is 73.1 cm³/mol. The standard InChI is InChI=1S/C15H23F2NO/c1-6-18-14(15(19-5)9(2)3)12-11(16)8-7-10(4)13(12)17/h7-9,14-15,18H,6H2,1-5H3. The zero-order valence-corrected chi connectivity index (χ0v) is 12.3. The molecule has 0 amide bonds. The van der Waals surface area contributed by atoms with Crippen molar-refractivity contribution in [3.05, 3.63) is 34.9 Å². The Hall–Kier alpha value is -1.00. The van der Waals surface area contributed by atoms with Crippen LogP contribution in [0.5, 0.6) is 0 Å². The fourth-order valence-corrected chi connectivity index (χ4v) is 2.36. The van der Waals surface area contributed by atoms with Gasteiger partial charge in [-0.15, -0.1) is 0 Å². The first-order valence-electron chi connectivity index (χ1n) is 6.64. The summed E-state index contributed by atoms with van der Waals surface area (Å²) < 4.78 is 33.7. The Kier molecular flexibility index (Phi) is 5.88. The van der Waals surface area contributed by atoms with E-state index in [0.717, 1.165) is 0 Å². The van der Waals surface area contributed by atoms with Gasteiger partial charge in [-0.3, -0.25) is 0 Å². The maximum Gasteiger partial charge on any atom is 0.133 e. The van der Waals surface area contributed by atoms with E-state index >= 15 is 0 Å². The van der Waals surface area contributed by atoms with Gasteiger partial charge < -0.3 is 10.1 Å². The van der Waals surface area contributed by atoms with Gasteiger partial charge in [0, 0.05) is 12.7 Å². The SMILES string of the molecule is CCNC(c1c(F)ccc(C)c1F)C(OC)C(C)C. The highest BCUT2D eigenvalue weighted by atomic mass is 19.1. The molecule has 1 aromatic rings. The molecule has 0 spiro atoms. The van der Waals surface area contributed by atoms with Gasteiger partial charge in [0.25, 0.3) is 0 Å². The second-order valence-electron chi connectivity index (χ2n) is 5.07. The van der Waals surface area contributed by atoms with Crippen LogP contribution in [0, 0.1) is 24.5 Å². The highest BCUT2D eigenvalue weighted by molar-refractivity contribution is 5.30. The Bertz CT molecular complexity index is 421. The van der Waals surface area contributed by atoms with E-state index in [1.165, 1.54) is 12.1 Å². The third kappa shape index (κ3) is 3.51. The number of hydrogen-bond donors (Lipinski definition) is 1. The highest BCUT2D eigenvalue weighted by Crippen LogP contribution is 2.29. The molecule has 1 N–H and O–H groups in total. The van der Waals surface area contributed by atoms with Gasteiger partial charge >= 0.3 is 0 Å². The first-order valence-corrected chi connectivity index (χ1v) is 6.64. The van der Waals surface area contributed by atoms with E-state index in [0.29, 0.717) is 12.1 Å². The van der Waals surface area contributed by atoms with Crippen molar-refractivity contribution in [3.63, 3.8) is 0 Å². The second kappa shape index (κ2) is 6.96. The number of aryl methyl sites for hydroxylation is 1. The van der Waals surface area contributed by atoms with E-state index < -0.39 is 17.7 Å². The van der Waals surface area contributed by atoms with Crippen LogP contribution in [-0.4, -0.2) is 19.8 Å². The van der Waals surface area contributed by atoms with Crippen molar-refractivity contribution >= 4 is 0 Å². The molecule has 0 radical (unpaired) electrons. The molecule has 2 nitrogen and oxygen atoms in total. The molecule has 0 aromatic heterocycles. The molecule has 2 atom stereocenters. The number of halogens is 2. The number of hydrogen-bond acceptors (Lipinski definition) is 2. The fraction of sp³-hybridized carbons (Fsp3) is 0.600. The Balaban J connectivity index is 3.29. The van der Waals surface area contributed by atoms with E-state index in [4.69, 9.17) is 4.74 Å². The molecule has 108 valence electrons. The van der Waals surface area contributed by atoms with E-state index in [-0.39, 0.29) is 17.6 Å². The van der Waals surface area contributed by atoms with Gasteiger partial charge in [-0.05, 0) is 31.0 Å². The molecule has 1 rings (SSSR count). The van der Waals surface area contributed by atoms with Crippen molar-refractivity contribution in [1.29, 1.82) is 0 Å². The Labute approximate surface area is 114 Å². The summed E-state index contributed by atoms with van der Waals surface area (Å²) in [6.45, 7) is 8.11. The average molecular weight is 271 g/mol. The van der Waals surface area contributed by atoms with Crippen molar-refractivity contribution in [3.8, 4) is 0 Å². The number of nitrogens with one attached hydrogen (secondary N) is 1. The van der Waals surface area contributed by atoms with Crippen molar-refractivity contribution in [1.82, 2.24) is 5.32 Å². The average Bonchev–Trinajstić information content (AvgIpc) is 2.35. The van der Waals surface area contributed by atoms with Crippen LogP contribution in [0.3, 0.4) is 0 Å². The third-order valence-corrected chi connectivity index (χ3v) is 3.31. The summed E-state index contributed by atoms with van der Waals surface area (Å²) in [5, 5.41) is 3.14. The highest BCUT2D eigenvalue weighted by Gasteiger charge is 2.30. The van der Waals surface area contributed by atoms with Crippen LogP contribution in [0.1, 0.15) is 37.9 Å². The van der Waals surface area contributed by atoms with Crippen LogP contribution < -0.4 is 5.32 Å². The Morgan fingerprint density at radius 3 is 2.37 bits per heavy atom. The number of likely N-dealkylation sites (N-methyl/N-ethyl adjacent to an activating group) is 1. The minimum atomic E-state index is -0.531. The molecule has 0 bridgehead atoms. The van der Waals surface area contributed by atoms with Crippen molar-refractivity contribution in [2.45, 2.75) is 39.8 Å². The summed E-state index contributed by atoms with van der Waals surface area (Å²) in [6, 6.07) is 2.27. The lowest BCUT2D eigenvalue weighted by molar-refractivity contribution is 0.0310. The lowest BCUT2D eigenvalue weighted by Gasteiger charge is -2.30. The van der Waals surface area contributed by atoms with Crippen LogP contribution in [0.2, 0.25) is 0 Å². The molecule has 19 heavy (non-hydrogen) atoms. The maximum atomic E-state index is 14.3. The molecular formula is C15H23F2NO. The quantitative estimate of drug-likeness (QED) is 0.853. The van der Waals surface area contributed by atoms with Gasteiger partial charge in [0.15, 0.2) is 0 Å². The number of ether oxygens (including phenoxy) is 1. The Morgan fingerprint density at radius 1 is 1.26 bits per heavy atom. The molecule has 1 aromatic carbocycles. The van der Waals surface area contributed by atoms with Gasteiger partial charge in [-0.25, -0.2) is 8.78 Å². The van der Waals surface area contributed by atoms with Gasteiger partial charge in [0.05, 0.1) is 12.1 Å². The normalized spacial score (nSPS) is 14.7. The molecule has 0 aliphatic rings. The largest absolute Gasteiger partial charge is 0.379 e. The summed E-state index contributed by atoms with van der Waals surface area (Å²) in [5.74, 6) is -0.876. The summed E-state index contributed by atoms with van der Waals surface area (Å²) >= 11 is 0. The van der Waals surface area contributed by atoms with Crippen molar-refractivity contribution in [2.75, 3.05) is 13.7 Å². The van der Waals surface area contributed by atoms with Crippen molar-refractivity contribution in [2.24, 2.45) is 5.92 Å². The zero-order chi connectivity index (χ0) is 14.6. The van der Waals surface area contributed by atoms with Crippen molar-refractivity contribution < 1.29 is 13.5 Å².